The van der Waals surface area contributed by atoms with Crippen molar-refractivity contribution in [2.75, 3.05) is 0 Å². The number of rotatable bonds is 5. The second-order valence-corrected chi connectivity index (χ2v) is 5.73. The molecule has 6 nitrogen and oxygen atoms in total. The topological polar surface area (TPSA) is 65.6 Å². The highest BCUT2D eigenvalue weighted by Crippen LogP contribution is 2.17. The van der Waals surface area contributed by atoms with Crippen molar-refractivity contribution in [3.63, 3.8) is 0 Å². The van der Waals surface area contributed by atoms with Crippen LogP contribution in [0.15, 0.2) is 53.7 Å². The molecule has 0 fully saturated rings. The molecular weight excluding hydrogens is 290 g/mol. The fourth-order valence-electron chi connectivity index (χ4n) is 2.28. The maximum Gasteiger partial charge on any atom is 0.250 e. The van der Waals surface area contributed by atoms with Crippen molar-refractivity contribution in [1.82, 2.24) is 24.5 Å². The zero-order valence-electron chi connectivity index (χ0n) is 13.3. The van der Waals surface area contributed by atoms with Gasteiger partial charge in [-0.2, -0.15) is 0 Å². The van der Waals surface area contributed by atoms with Gasteiger partial charge in [0.05, 0.1) is 18.4 Å². The Morgan fingerprint density at radius 2 is 1.96 bits per heavy atom. The van der Waals surface area contributed by atoms with Crippen LogP contribution in [0.25, 0.3) is 11.4 Å². The van der Waals surface area contributed by atoms with Crippen LogP contribution < -0.4 is 5.56 Å². The SMILES string of the molecule is CC(C)c1ccc(-c2cn(CCn3ccccc3=O)nn2)nc1. The molecule has 0 atom stereocenters. The molecule has 0 aliphatic carbocycles. The number of hydrogen-bond acceptors (Lipinski definition) is 4. The van der Waals surface area contributed by atoms with Crippen LogP contribution in [0.2, 0.25) is 0 Å². The molecule has 0 unspecified atom stereocenters. The van der Waals surface area contributed by atoms with Gasteiger partial charge in [-0.25, -0.2) is 0 Å². The fraction of sp³-hybridized carbons (Fsp3) is 0.294. The molecule has 3 heterocycles. The van der Waals surface area contributed by atoms with Crippen LogP contribution in [0.4, 0.5) is 0 Å². The minimum Gasteiger partial charge on any atom is -0.314 e. The van der Waals surface area contributed by atoms with Gasteiger partial charge in [0, 0.05) is 25.0 Å². The van der Waals surface area contributed by atoms with Gasteiger partial charge in [0.25, 0.3) is 5.56 Å². The molecule has 6 heteroatoms. The van der Waals surface area contributed by atoms with E-state index in [2.05, 4.69) is 35.2 Å². The molecule has 0 saturated carbocycles. The molecule has 0 aliphatic heterocycles. The maximum absolute atomic E-state index is 11.7. The first kappa shape index (κ1) is 15.1. The summed E-state index contributed by atoms with van der Waals surface area (Å²) in [6, 6.07) is 9.15. The highest BCUT2D eigenvalue weighted by Gasteiger charge is 2.07. The summed E-state index contributed by atoms with van der Waals surface area (Å²) < 4.78 is 3.38. The van der Waals surface area contributed by atoms with E-state index in [9.17, 15) is 4.79 Å². The second kappa shape index (κ2) is 6.56. The number of aryl methyl sites for hydroxylation is 2. The predicted molar refractivity (Wildman–Crippen MR) is 88.0 cm³/mol. The Balaban J connectivity index is 1.70. The normalized spacial score (nSPS) is 11.1. The first-order valence-corrected chi connectivity index (χ1v) is 7.65. The minimum atomic E-state index is -0.0150. The summed E-state index contributed by atoms with van der Waals surface area (Å²) >= 11 is 0. The summed E-state index contributed by atoms with van der Waals surface area (Å²) in [5.41, 5.74) is 2.72. The van der Waals surface area contributed by atoms with E-state index in [0.717, 1.165) is 11.4 Å². The van der Waals surface area contributed by atoms with Gasteiger partial charge in [-0.15, -0.1) is 5.10 Å². The highest BCUT2D eigenvalue weighted by atomic mass is 16.1. The van der Waals surface area contributed by atoms with Gasteiger partial charge >= 0.3 is 0 Å². The monoisotopic (exact) mass is 309 g/mol. The van der Waals surface area contributed by atoms with Gasteiger partial charge in [-0.1, -0.05) is 31.2 Å². The van der Waals surface area contributed by atoms with E-state index < -0.39 is 0 Å². The molecule has 0 N–H and O–H groups in total. The van der Waals surface area contributed by atoms with Crippen LogP contribution in [0, 0.1) is 0 Å². The Kier molecular flexibility index (Phi) is 4.32. The van der Waals surface area contributed by atoms with Crippen molar-refractivity contribution in [2.45, 2.75) is 32.9 Å². The standard InChI is InChI=1S/C17H19N5O/c1-13(2)14-6-7-15(18-11-14)16-12-22(20-19-16)10-9-21-8-4-3-5-17(21)23/h3-8,11-13H,9-10H2,1-2H3. The van der Waals surface area contributed by atoms with Gasteiger partial charge in [-0.3, -0.25) is 14.5 Å². The number of pyridine rings is 2. The summed E-state index contributed by atoms with van der Waals surface area (Å²) in [5, 5.41) is 8.26. The van der Waals surface area contributed by atoms with Crippen molar-refractivity contribution >= 4 is 0 Å². The van der Waals surface area contributed by atoms with Gasteiger partial charge in [0.2, 0.25) is 0 Å². The summed E-state index contributed by atoms with van der Waals surface area (Å²) in [6.45, 7) is 5.42. The van der Waals surface area contributed by atoms with Crippen LogP contribution in [0.1, 0.15) is 25.3 Å². The molecular formula is C17H19N5O. The van der Waals surface area contributed by atoms with Crippen molar-refractivity contribution in [3.05, 3.63) is 64.8 Å². The molecule has 0 bridgehead atoms. The molecule has 0 spiro atoms. The van der Waals surface area contributed by atoms with Crippen molar-refractivity contribution in [3.8, 4) is 11.4 Å². The van der Waals surface area contributed by atoms with Crippen LogP contribution in [-0.2, 0) is 13.1 Å². The van der Waals surface area contributed by atoms with Crippen LogP contribution in [0.3, 0.4) is 0 Å². The van der Waals surface area contributed by atoms with Gasteiger partial charge in [0.15, 0.2) is 0 Å². The third-order valence-electron chi connectivity index (χ3n) is 3.72. The second-order valence-electron chi connectivity index (χ2n) is 5.73. The smallest absolute Gasteiger partial charge is 0.250 e. The summed E-state index contributed by atoms with van der Waals surface area (Å²) in [5.74, 6) is 0.455. The fourth-order valence-corrected chi connectivity index (χ4v) is 2.28. The molecule has 0 saturated heterocycles. The third-order valence-corrected chi connectivity index (χ3v) is 3.72. The lowest BCUT2D eigenvalue weighted by atomic mass is 10.1. The van der Waals surface area contributed by atoms with Crippen LogP contribution in [-0.4, -0.2) is 24.5 Å². The first-order chi connectivity index (χ1) is 11.1. The lowest BCUT2D eigenvalue weighted by molar-refractivity contribution is 0.511. The average molecular weight is 309 g/mol. The highest BCUT2D eigenvalue weighted by molar-refractivity contribution is 5.52. The molecule has 23 heavy (non-hydrogen) atoms. The van der Waals surface area contributed by atoms with E-state index in [-0.39, 0.29) is 5.56 Å². The van der Waals surface area contributed by atoms with Gasteiger partial charge in [0.1, 0.15) is 5.69 Å². The van der Waals surface area contributed by atoms with Crippen LogP contribution >= 0.6 is 0 Å². The van der Waals surface area contributed by atoms with E-state index in [1.165, 1.54) is 5.56 Å². The lowest BCUT2D eigenvalue weighted by Gasteiger charge is -2.04. The molecule has 0 aliphatic rings. The number of aromatic nitrogens is 5. The van der Waals surface area contributed by atoms with E-state index in [1.54, 1.807) is 27.6 Å². The Morgan fingerprint density at radius 1 is 1.09 bits per heavy atom. The number of nitrogens with zero attached hydrogens (tertiary/aromatic N) is 5. The molecule has 3 aromatic rings. The van der Waals surface area contributed by atoms with Crippen molar-refractivity contribution < 1.29 is 0 Å². The Labute approximate surface area is 134 Å². The minimum absolute atomic E-state index is 0.0150. The summed E-state index contributed by atoms with van der Waals surface area (Å²) in [4.78, 5) is 16.1. The molecule has 0 aromatic carbocycles. The molecule has 3 aromatic heterocycles. The van der Waals surface area contributed by atoms with Crippen molar-refractivity contribution in [2.24, 2.45) is 0 Å². The molecule has 118 valence electrons. The largest absolute Gasteiger partial charge is 0.314 e. The number of hydrogen-bond donors (Lipinski definition) is 0. The maximum atomic E-state index is 11.7. The molecule has 3 rings (SSSR count). The molecule has 0 amide bonds. The lowest BCUT2D eigenvalue weighted by Crippen LogP contribution is -2.20. The molecule has 0 radical (unpaired) electrons. The average Bonchev–Trinajstić information content (AvgIpc) is 3.03. The first-order valence-electron chi connectivity index (χ1n) is 7.65. The van der Waals surface area contributed by atoms with Crippen molar-refractivity contribution in [1.29, 1.82) is 0 Å². The summed E-state index contributed by atoms with van der Waals surface area (Å²) in [7, 11) is 0. The Hall–Kier alpha value is -2.76. The third kappa shape index (κ3) is 3.53. The Bertz CT molecular complexity index is 832. The van der Waals surface area contributed by atoms with E-state index >= 15 is 0 Å². The van der Waals surface area contributed by atoms with E-state index in [4.69, 9.17) is 0 Å². The predicted octanol–water partition coefficient (Wildman–Crippen LogP) is 2.33. The van der Waals surface area contributed by atoms with Gasteiger partial charge in [-0.05, 0) is 23.6 Å². The quantitative estimate of drug-likeness (QED) is 0.725. The summed E-state index contributed by atoms with van der Waals surface area (Å²) in [6.07, 6.45) is 5.50. The van der Waals surface area contributed by atoms with Gasteiger partial charge < -0.3 is 4.57 Å². The zero-order valence-corrected chi connectivity index (χ0v) is 13.3. The zero-order chi connectivity index (χ0) is 16.2. The van der Waals surface area contributed by atoms with E-state index in [1.807, 2.05) is 24.5 Å². The van der Waals surface area contributed by atoms with Crippen LogP contribution in [0.5, 0.6) is 0 Å². The van der Waals surface area contributed by atoms with E-state index in [0.29, 0.717) is 19.0 Å². The Morgan fingerprint density at radius 3 is 2.65 bits per heavy atom.